The minimum atomic E-state index is -0.565. The zero-order valence-corrected chi connectivity index (χ0v) is 13.5. The quantitative estimate of drug-likeness (QED) is 0.304. The molecule has 11 nitrogen and oxygen atoms in total. The number of anilines is 1. The zero-order valence-electron chi connectivity index (χ0n) is 13.5. The SMILES string of the molecule is CN(Cc1ccccc1)Cc1c(C(=O)NN)nnn1-c1nonc1N. The first-order chi connectivity index (χ1) is 12.1. The summed E-state index contributed by atoms with van der Waals surface area (Å²) in [6.07, 6.45) is 0. The number of aromatic nitrogens is 5. The van der Waals surface area contributed by atoms with Gasteiger partial charge in [0, 0.05) is 13.1 Å². The Morgan fingerprint density at radius 3 is 2.68 bits per heavy atom. The van der Waals surface area contributed by atoms with Gasteiger partial charge in [-0.15, -0.1) is 5.10 Å². The number of nitrogens with two attached hydrogens (primary N) is 2. The predicted octanol–water partition coefficient (Wildman–Crippen LogP) is -0.532. The number of carbonyl (C=O) groups is 1. The average molecular weight is 343 g/mol. The highest BCUT2D eigenvalue weighted by Gasteiger charge is 2.24. The summed E-state index contributed by atoms with van der Waals surface area (Å²) in [4.78, 5) is 14.0. The molecule has 0 radical (unpaired) electrons. The van der Waals surface area contributed by atoms with Crippen molar-refractivity contribution in [2.24, 2.45) is 5.84 Å². The first-order valence-corrected chi connectivity index (χ1v) is 7.36. The van der Waals surface area contributed by atoms with E-state index < -0.39 is 5.91 Å². The van der Waals surface area contributed by atoms with Crippen molar-refractivity contribution in [3.8, 4) is 5.82 Å². The Morgan fingerprint density at radius 2 is 2.04 bits per heavy atom. The maximum Gasteiger partial charge on any atom is 0.287 e. The molecule has 0 atom stereocenters. The lowest BCUT2D eigenvalue weighted by molar-refractivity contribution is 0.0946. The van der Waals surface area contributed by atoms with Gasteiger partial charge in [-0.2, -0.15) is 4.68 Å². The molecule has 0 aliphatic rings. The lowest BCUT2D eigenvalue weighted by Crippen LogP contribution is -2.32. The van der Waals surface area contributed by atoms with Crippen molar-refractivity contribution in [3.63, 3.8) is 0 Å². The van der Waals surface area contributed by atoms with Crippen molar-refractivity contribution in [3.05, 3.63) is 47.3 Å². The highest BCUT2D eigenvalue weighted by atomic mass is 16.6. The van der Waals surface area contributed by atoms with E-state index in [4.69, 9.17) is 11.6 Å². The Bertz CT molecular complexity index is 858. The normalized spacial score (nSPS) is 11.0. The van der Waals surface area contributed by atoms with Crippen LogP contribution in [0.4, 0.5) is 5.82 Å². The van der Waals surface area contributed by atoms with Crippen LogP contribution in [0.25, 0.3) is 5.82 Å². The molecule has 2 heterocycles. The number of nitrogens with zero attached hydrogens (tertiary/aromatic N) is 6. The molecule has 1 amide bonds. The summed E-state index contributed by atoms with van der Waals surface area (Å²) in [5, 5.41) is 15.0. The van der Waals surface area contributed by atoms with Crippen molar-refractivity contribution in [2.45, 2.75) is 13.1 Å². The summed E-state index contributed by atoms with van der Waals surface area (Å²) in [7, 11) is 1.90. The summed E-state index contributed by atoms with van der Waals surface area (Å²) >= 11 is 0. The highest BCUT2D eigenvalue weighted by Crippen LogP contribution is 2.17. The van der Waals surface area contributed by atoms with Gasteiger partial charge in [-0.1, -0.05) is 35.5 Å². The molecule has 3 rings (SSSR count). The first kappa shape index (κ1) is 16.5. The molecule has 0 saturated carbocycles. The van der Waals surface area contributed by atoms with E-state index in [9.17, 15) is 4.79 Å². The Hall–Kier alpha value is -3.31. The summed E-state index contributed by atoms with van der Waals surface area (Å²) < 4.78 is 5.92. The zero-order chi connectivity index (χ0) is 17.8. The van der Waals surface area contributed by atoms with E-state index in [0.29, 0.717) is 18.8 Å². The number of hydrogen-bond acceptors (Lipinski definition) is 9. The topological polar surface area (TPSA) is 154 Å². The molecular formula is C14H17N9O2. The van der Waals surface area contributed by atoms with Crippen LogP contribution in [0.15, 0.2) is 35.0 Å². The van der Waals surface area contributed by atoms with E-state index in [1.54, 1.807) is 0 Å². The Morgan fingerprint density at radius 1 is 1.28 bits per heavy atom. The van der Waals surface area contributed by atoms with E-state index in [2.05, 4.69) is 30.7 Å². The fourth-order valence-corrected chi connectivity index (χ4v) is 2.40. The van der Waals surface area contributed by atoms with Crippen molar-refractivity contribution < 1.29 is 9.42 Å². The average Bonchev–Trinajstić information content (AvgIpc) is 3.21. The molecule has 0 aliphatic heterocycles. The third-order valence-corrected chi connectivity index (χ3v) is 3.52. The van der Waals surface area contributed by atoms with Gasteiger partial charge in [0.15, 0.2) is 5.69 Å². The second-order valence-electron chi connectivity index (χ2n) is 5.40. The molecule has 0 bridgehead atoms. The lowest BCUT2D eigenvalue weighted by Gasteiger charge is -2.17. The molecule has 3 aromatic rings. The Balaban J connectivity index is 1.91. The monoisotopic (exact) mass is 343 g/mol. The summed E-state index contributed by atoms with van der Waals surface area (Å²) in [5.41, 5.74) is 9.43. The van der Waals surface area contributed by atoms with Crippen molar-refractivity contribution in [2.75, 3.05) is 12.8 Å². The van der Waals surface area contributed by atoms with Gasteiger partial charge in [-0.3, -0.25) is 15.1 Å². The second kappa shape index (κ2) is 7.07. The third kappa shape index (κ3) is 3.46. The van der Waals surface area contributed by atoms with E-state index in [-0.39, 0.29) is 17.3 Å². The van der Waals surface area contributed by atoms with Gasteiger partial charge in [-0.25, -0.2) is 10.5 Å². The molecule has 0 saturated heterocycles. The molecule has 130 valence electrons. The molecule has 5 N–H and O–H groups in total. The maximum atomic E-state index is 12.0. The minimum Gasteiger partial charge on any atom is -0.378 e. The number of benzene rings is 1. The van der Waals surface area contributed by atoms with E-state index in [0.717, 1.165) is 5.56 Å². The molecule has 0 unspecified atom stereocenters. The van der Waals surface area contributed by atoms with E-state index in [1.165, 1.54) is 4.68 Å². The predicted molar refractivity (Wildman–Crippen MR) is 86.9 cm³/mol. The number of rotatable bonds is 6. The molecule has 11 heteroatoms. The van der Waals surface area contributed by atoms with Crippen LogP contribution >= 0.6 is 0 Å². The highest BCUT2D eigenvalue weighted by molar-refractivity contribution is 5.92. The van der Waals surface area contributed by atoms with E-state index in [1.807, 2.05) is 42.3 Å². The summed E-state index contributed by atoms with van der Waals surface area (Å²) in [6.45, 7) is 0.999. The number of nitrogen functional groups attached to an aromatic ring is 2. The molecular weight excluding hydrogens is 326 g/mol. The number of nitrogens with one attached hydrogen (secondary N) is 1. The van der Waals surface area contributed by atoms with Crippen LogP contribution < -0.4 is 17.0 Å². The van der Waals surface area contributed by atoms with Crippen molar-refractivity contribution in [1.82, 2.24) is 35.6 Å². The fourth-order valence-electron chi connectivity index (χ4n) is 2.40. The first-order valence-electron chi connectivity index (χ1n) is 7.36. The van der Waals surface area contributed by atoms with Crippen LogP contribution in [-0.2, 0) is 13.1 Å². The lowest BCUT2D eigenvalue weighted by atomic mass is 10.2. The van der Waals surface area contributed by atoms with Gasteiger partial charge in [0.2, 0.25) is 11.6 Å². The standard InChI is InChI=1S/C14H17N9O2/c1-22(7-9-5-3-2-4-6-9)8-10-11(14(24)17-16)18-21-23(10)13-12(15)19-25-20-13/h2-6H,7-8,16H2,1H3,(H2,15,19)(H,17,24). The van der Waals surface area contributed by atoms with Gasteiger partial charge >= 0.3 is 0 Å². The third-order valence-electron chi connectivity index (χ3n) is 3.52. The molecule has 0 spiro atoms. The van der Waals surface area contributed by atoms with Crippen LogP contribution in [0.2, 0.25) is 0 Å². The van der Waals surface area contributed by atoms with Gasteiger partial charge in [-0.05, 0) is 22.9 Å². The second-order valence-corrected chi connectivity index (χ2v) is 5.40. The Labute approximate surface area is 142 Å². The van der Waals surface area contributed by atoms with Gasteiger partial charge < -0.3 is 5.73 Å². The largest absolute Gasteiger partial charge is 0.378 e. The Kier molecular flexibility index (Phi) is 4.68. The number of hydrogen-bond donors (Lipinski definition) is 3. The number of amides is 1. The smallest absolute Gasteiger partial charge is 0.287 e. The van der Waals surface area contributed by atoms with Crippen molar-refractivity contribution in [1.29, 1.82) is 0 Å². The van der Waals surface area contributed by atoms with Crippen LogP contribution in [0.3, 0.4) is 0 Å². The minimum absolute atomic E-state index is 0.0385. The molecule has 0 aliphatic carbocycles. The molecule has 2 aromatic heterocycles. The summed E-state index contributed by atoms with van der Waals surface area (Å²) in [6, 6.07) is 9.90. The van der Waals surface area contributed by atoms with Crippen LogP contribution in [0.1, 0.15) is 21.7 Å². The fraction of sp³-hybridized carbons (Fsp3) is 0.214. The van der Waals surface area contributed by atoms with Crippen LogP contribution in [0, 0.1) is 0 Å². The van der Waals surface area contributed by atoms with Crippen molar-refractivity contribution >= 4 is 11.7 Å². The molecule has 25 heavy (non-hydrogen) atoms. The van der Waals surface area contributed by atoms with Crippen LogP contribution in [-0.4, -0.2) is 43.2 Å². The summed E-state index contributed by atoms with van der Waals surface area (Å²) in [5.74, 6) is 4.86. The van der Waals surface area contributed by atoms with Gasteiger partial charge in [0.1, 0.15) is 0 Å². The molecule has 1 aromatic carbocycles. The molecule has 0 fully saturated rings. The van der Waals surface area contributed by atoms with E-state index >= 15 is 0 Å². The van der Waals surface area contributed by atoms with Gasteiger partial charge in [0.05, 0.1) is 5.69 Å². The maximum absolute atomic E-state index is 12.0. The van der Waals surface area contributed by atoms with Gasteiger partial charge in [0.25, 0.3) is 5.91 Å². The number of hydrazine groups is 1. The number of carbonyl (C=O) groups excluding carboxylic acids is 1. The van der Waals surface area contributed by atoms with Crippen LogP contribution in [0.5, 0.6) is 0 Å².